The van der Waals surface area contributed by atoms with Gasteiger partial charge in [-0.3, -0.25) is 14.9 Å². The lowest BCUT2D eigenvalue weighted by Gasteiger charge is -2.14. The molecule has 1 rings (SSSR count). The second kappa shape index (κ2) is 6.89. The van der Waals surface area contributed by atoms with E-state index in [0.717, 1.165) is 11.3 Å². The predicted octanol–water partition coefficient (Wildman–Crippen LogP) is 1.81. The van der Waals surface area contributed by atoms with Crippen LogP contribution >= 0.6 is 0 Å². The number of hydrogen-bond acceptors (Lipinski definition) is 3. The topological polar surface area (TPSA) is 78.4 Å². The van der Waals surface area contributed by atoms with E-state index in [4.69, 9.17) is 5.11 Å². The molecule has 0 bridgehead atoms. The molecule has 5 nitrogen and oxygen atoms in total. The first-order chi connectivity index (χ1) is 8.91. The molecule has 1 aromatic rings. The van der Waals surface area contributed by atoms with Gasteiger partial charge in [-0.2, -0.15) is 0 Å². The standard InChI is InChI=1S/C14H20N2O3/c1-9(2)11-6-4-5-7-12(11)16-13(17)8-15-10(3)14(18)19/h4-7,9-10,15H,8H2,1-3H3,(H,16,17)(H,18,19). The first-order valence-corrected chi connectivity index (χ1v) is 6.26. The van der Waals surface area contributed by atoms with Crippen molar-refractivity contribution in [2.24, 2.45) is 0 Å². The fourth-order valence-electron chi connectivity index (χ4n) is 1.64. The quantitative estimate of drug-likeness (QED) is 0.732. The number of hydrogen-bond donors (Lipinski definition) is 3. The van der Waals surface area contributed by atoms with Crippen molar-refractivity contribution in [3.63, 3.8) is 0 Å². The third-order valence-corrected chi connectivity index (χ3v) is 2.80. The van der Waals surface area contributed by atoms with E-state index in [2.05, 4.69) is 24.5 Å². The molecule has 0 radical (unpaired) electrons. The molecule has 0 aliphatic rings. The van der Waals surface area contributed by atoms with Gasteiger partial charge in [-0.25, -0.2) is 0 Å². The number of para-hydroxylation sites is 1. The molecule has 0 fully saturated rings. The van der Waals surface area contributed by atoms with Gasteiger partial charge in [-0.1, -0.05) is 32.0 Å². The molecule has 0 aromatic heterocycles. The molecule has 104 valence electrons. The highest BCUT2D eigenvalue weighted by Crippen LogP contribution is 2.23. The minimum atomic E-state index is -0.976. The van der Waals surface area contributed by atoms with Gasteiger partial charge >= 0.3 is 5.97 Å². The Bertz CT molecular complexity index is 458. The number of anilines is 1. The summed E-state index contributed by atoms with van der Waals surface area (Å²) in [5.74, 6) is -0.918. The van der Waals surface area contributed by atoms with Crippen molar-refractivity contribution in [1.29, 1.82) is 0 Å². The van der Waals surface area contributed by atoms with E-state index in [1.807, 2.05) is 24.3 Å². The average molecular weight is 264 g/mol. The Morgan fingerprint density at radius 1 is 1.21 bits per heavy atom. The van der Waals surface area contributed by atoms with Crippen LogP contribution < -0.4 is 10.6 Å². The van der Waals surface area contributed by atoms with Crippen molar-refractivity contribution in [1.82, 2.24) is 5.32 Å². The lowest BCUT2D eigenvalue weighted by atomic mass is 10.0. The van der Waals surface area contributed by atoms with Crippen molar-refractivity contribution in [2.75, 3.05) is 11.9 Å². The first-order valence-electron chi connectivity index (χ1n) is 6.26. The van der Waals surface area contributed by atoms with Gasteiger partial charge in [0.05, 0.1) is 6.54 Å². The average Bonchev–Trinajstić information content (AvgIpc) is 2.36. The molecule has 0 saturated heterocycles. The number of carbonyl (C=O) groups is 2. The van der Waals surface area contributed by atoms with Crippen molar-refractivity contribution < 1.29 is 14.7 Å². The summed E-state index contributed by atoms with van der Waals surface area (Å²) in [6.45, 7) is 5.57. The molecular formula is C14H20N2O3. The molecule has 0 spiro atoms. The summed E-state index contributed by atoms with van der Waals surface area (Å²) >= 11 is 0. The van der Waals surface area contributed by atoms with Gasteiger partial charge < -0.3 is 10.4 Å². The van der Waals surface area contributed by atoms with Crippen LogP contribution in [0.2, 0.25) is 0 Å². The number of carbonyl (C=O) groups excluding carboxylic acids is 1. The Hall–Kier alpha value is -1.88. The smallest absolute Gasteiger partial charge is 0.320 e. The van der Waals surface area contributed by atoms with Crippen LogP contribution in [0.1, 0.15) is 32.3 Å². The van der Waals surface area contributed by atoms with Gasteiger partial charge in [0.1, 0.15) is 6.04 Å². The molecule has 1 atom stereocenters. The normalized spacial score (nSPS) is 12.2. The fraction of sp³-hybridized carbons (Fsp3) is 0.429. The molecule has 1 aromatic carbocycles. The van der Waals surface area contributed by atoms with Gasteiger partial charge in [-0.05, 0) is 24.5 Å². The molecular weight excluding hydrogens is 244 g/mol. The number of carboxylic acids is 1. The summed E-state index contributed by atoms with van der Waals surface area (Å²) in [5.41, 5.74) is 1.83. The number of benzene rings is 1. The van der Waals surface area contributed by atoms with Gasteiger partial charge in [0.2, 0.25) is 5.91 Å². The number of rotatable bonds is 6. The maximum absolute atomic E-state index is 11.7. The molecule has 0 aliphatic carbocycles. The Labute approximate surface area is 113 Å². The lowest BCUT2D eigenvalue weighted by Crippen LogP contribution is -2.39. The second-order valence-electron chi connectivity index (χ2n) is 4.73. The molecule has 1 unspecified atom stereocenters. The third-order valence-electron chi connectivity index (χ3n) is 2.80. The monoisotopic (exact) mass is 264 g/mol. The molecule has 0 saturated carbocycles. The minimum Gasteiger partial charge on any atom is -0.480 e. The third kappa shape index (κ3) is 4.71. The molecule has 5 heteroatoms. The van der Waals surface area contributed by atoms with Crippen LogP contribution in [0.25, 0.3) is 0 Å². The summed E-state index contributed by atoms with van der Waals surface area (Å²) < 4.78 is 0. The van der Waals surface area contributed by atoms with Crippen LogP contribution in [0.4, 0.5) is 5.69 Å². The van der Waals surface area contributed by atoms with E-state index >= 15 is 0 Å². The highest BCUT2D eigenvalue weighted by molar-refractivity contribution is 5.93. The van der Waals surface area contributed by atoms with Crippen molar-refractivity contribution in [3.05, 3.63) is 29.8 Å². The van der Waals surface area contributed by atoms with Gasteiger partial charge in [0.25, 0.3) is 0 Å². The zero-order valence-electron chi connectivity index (χ0n) is 11.4. The van der Waals surface area contributed by atoms with Gasteiger partial charge in [-0.15, -0.1) is 0 Å². The lowest BCUT2D eigenvalue weighted by molar-refractivity contribution is -0.139. The van der Waals surface area contributed by atoms with Gasteiger partial charge in [0, 0.05) is 5.69 Å². The fourth-order valence-corrected chi connectivity index (χ4v) is 1.64. The first kappa shape index (κ1) is 15.2. The summed E-state index contributed by atoms with van der Waals surface area (Å²) in [6.07, 6.45) is 0. The van der Waals surface area contributed by atoms with Crippen LogP contribution in [0.15, 0.2) is 24.3 Å². The van der Waals surface area contributed by atoms with Gasteiger partial charge in [0.15, 0.2) is 0 Å². The molecule has 0 aliphatic heterocycles. The number of aliphatic carboxylic acids is 1. The van der Waals surface area contributed by atoms with Crippen LogP contribution in [0.5, 0.6) is 0 Å². The van der Waals surface area contributed by atoms with E-state index in [9.17, 15) is 9.59 Å². The minimum absolute atomic E-state index is 0.0279. The van der Waals surface area contributed by atoms with E-state index in [0.29, 0.717) is 5.92 Å². The summed E-state index contributed by atoms with van der Waals surface area (Å²) in [5, 5.41) is 14.1. The van der Waals surface area contributed by atoms with Crippen LogP contribution in [-0.4, -0.2) is 29.6 Å². The Balaban J connectivity index is 2.60. The van der Waals surface area contributed by atoms with Crippen molar-refractivity contribution >= 4 is 17.6 Å². The molecule has 3 N–H and O–H groups in total. The summed E-state index contributed by atoms with van der Waals surface area (Å²) in [7, 11) is 0. The highest BCUT2D eigenvalue weighted by Gasteiger charge is 2.13. The Kier molecular flexibility index (Phi) is 5.51. The number of carboxylic acid groups (broad SMARTS) is 1. The molecule has 1 amide bonds. The summed E-state index contributed by atoms with van der Waals surface area (Å²) in [4.78, 5) is 22.4. The van der Waals surface area contributed by atoms with E-state index in [1.165, 1.54) is 6.92 Å². The zero-order chi connectivity index (χ0) is 14.4. The van der Waals surface area contributed by atoms with E-state index in [-0.39, 0.29) is 12.5 Å². The van der Waals surface area contributed by atoms with Crippen molar-refractivity contribution in [2.45, 2.75) is 32.7 Å². The molecule has 19 heavy (non-hydrogen) atoms. The Morgan fingerprint density at radius 3 is 2.42 bits per heavy atom. The largest absolute Gasteiger partial charge is 0.480 e. The number of amides is 1. The van der Waals surface area contributed by atoms with Crippen molar-refractivity contribution in [3.8, 4) is 0 Å². The maximum atomic E-state index is 11.7. The molecule has 0 heterocycles. The number of nitrogens with one attached hydrogen (secondary N) is 2. The van der Waals surface area contributed by atoms with Crippen LogP contribution in [-0.2, 0) is 9.59 Å². The SMILES string of the molecule is CC(NCC(=O)Nc1ccccc1C(C)C)C(=O)O. The van der Waals surface area contributed by atoms with Crippen LogP contribution in [0, 0.1) is 0 Å². The highest BCUT2D eigenvalue weighted by atomic mass is 16.4. The summed E-state index contributed by atoms with van der Waals surface area (Å²) in [6, 6.07) is 6.84. The zero-order valence-corrected chi connectivity index (χ0v) is 11.4. The maximum Gasteiger partial charge on any atom is 0.320 e. The van der Waals surface area contributed by atoms with E-state index < -0.39 is 12.0 Å². The Morgan fingerprint density at radius 2 is 1.84 bits per heavy atom. The van der Waals surface area contributed by atoms with Crippen LogP contribution in [0.3, 0.4) is 0 Å². The second-order valence-corrected chi connectivity index (χ2v) is 4.73. The predicted molar refractivity (Wildman–Crippen MR) is 74.3 cm³/mol. The van der Waals surface area contributed by atoms with E-state index in [1.54, 1.807) is 0 Å².